The zero-order chi connectivity index (χ0) is 10.1. The first-order valence-electron chi connectivity index (χ1n) is 4.69. The van der Waals surface area contributed by atoms with E-state index in [0.29, 0.717) is 5.57 Å². The van der Waals surface area contributed by atoms with E-state index in [-0.39, 0.29) is 24.8 Å². The van der Waals surface area contributed by atoms with Crippen molar-refractivity contribution >= 4 is 12.3 Å². The molecule has 2 heterocycles. The highest BCUT2D eigenvalue weighted by atomic mass is 16.5. The van der Waals surface area contributed by atoms with E-state index in [1.807, 2.05) is 0 Å². The van der Waals surface area contributed by atoms with Crippen molar-refractivity contribution in [1.82, 2.24) is 0 Å². The second-order valence-electron chi connectivity index (χ2n) is 3.57. The van der Waals surface area contributed by atoms with Gasteiger partial charge in [0.15, 0.2) is 0 Å². The van der Waals surface area contributed by atoms with Crippen LogP contribution >= 0.6 is 0 Å². The minimum Gasteiger partial charge on any atom is -0.461 e. The molecular weight excluding hydrogens is 184 g/mol. The number of carbonyl (C=O) groups is 2. The van der Waals surface area contributed by atoms with Crippen LogP contribution in [0.15, 0.2) is 11.1 Å². The molecule has 0 aromatic rings. The van der Waals surface area contributed by atoms with E-state index in [9.17, 15) is 9.59 Å². The fourth-order valence-corrected chi connectivity index (χ4v) is 2.02. The van der Waals surface area contributed by atoms with Gasteiger partial charge in [-0.3, -0.25) is 9.59 Å². The van der Waals surface area contributed by atoms with Crippen LogP contribution in [0, 0.1) is 0 Å². The molecule has 0 unspecified atom stereocenters. The molecule has 1 saturated heterocycles. The smallest absolute Gasteiger partial charge is 0.302 e. The van der Waals surface area contributed by atoms with Gasteiger partial charge in [0.1, 0.15) is 12.9 Å². The van der Waals surface area contributed by atoms with E-state index < -0.39 is 0 Å². The largest absolute Gasteiger partial charge is 0.461 e. The molecule has 1 fully saturated rings. The van der Waals surface area contributed by atoms with Crippen LogP contribution in [0.25, 0.3) is 0 Å². The Morgan fingerprint density at radius 2 is 2.29 bits per heavy atom. The van der Waals surface area contributed by atoms with Crippen LogP contribution in [0.5, 0.6) is 0 Å². The maximum atomic E-state index is 10.8. The number of esters is 1. The molecule has 0 saturated carbocycles. The first-order valence-corrected chi connectivity index (χ1v) is 4.69. The summed E-state index contributed by atoms with van der Waals surface area (Å²) in [5, 5.41) is 0. The van der Waals surface area contributed by atoms with Crippen molar-refractivity contribution in [2.24, 2.45) is 0 Å². The Labute approximate surface area is 81.9 Å². The molecule has 2 aliphatic heterocycles. The van der Waals surface area contributed by atoms with E-state index in [0.717, 1.165) is 24.7 Å². The SMILES string of the molecule is CC(=O)OCC1=C(C=O)[C@@H]2CC[C@H]1O2. The van der Waals surface area contributed by atoms with Crippen molar-refractivity contribution in [2.75, 3.05) is 6.61 Å². The number of hydrogen-bond donors (Lipinski definition) is 0. The highest BCUT2D eigenvalue weighted by Crippen LogP contribution is 2.38. The maximum Gasteiger partial charge on any atom is 0.302 e. The molecule has 0 radical (unpaired) electrons. The van der Waals surface area contributed by atoms with E-state index in [4.69, 9.17) is 9.47 Å². The molecule has 4 nitrogen and oxygen atoms in total. The van der Waals surface area contributed by atoms with Gasteiger partial charge in [-0.25, -0.2) is 0 Å². The quantitative estimate of drug-likeness (QED) is 0.490. The summed E-state index contributed by atoms with van der Waals surface area (Å²) in [6.07, 6.45) is 2.60. The molecule has 0 spiro atoms. The van der Waals surface area contributed by atoms with Crippen LogP contribution in [-0.2, 0) is 19.1 Å². The lowest BCUT2D eigenvalue weighted by Gasteiger charge is -2.12. The van der Waals surface area contributed by atoms with Crippen LogP contribution in [0.2, 0.25) is 0 Å². The van der Waals surface area contributed by atoms with Gasteiger partial charge in [0.25, 0.3) is 0 Å². The highest BCUT2D eigenvalue weighted by Gasteiger charge is 2.40. The zero-order valence-electron chi connectivity index (χ0n) is 7.99. The summed E-state index contributed by atoms with van der Waals surface area (Å²) in [7, 11) is 0. The Hall–Kier alpha value is -1.16. The van der Waals surface area contributed by atoms with Gasteiger partial charge in [-0.1, -0.05) is 0 Å². The lowest BCUT2D eigenvalue weighted by atomic mass is 9.93. The van der Waals surface area contributed by atoms with E-state index >= 15 is 0 Å². The molecule has 0 amide bonds. The Morgan fingerprint density at radius 3 is 2.93 bits per heavy atom. The number of hydrogen-bond acceptors (Lipinski definition) is 4. The van der Waals surface area contributed by atoms with E-state index in [1.165, 1.54) is 6.92 Å². The van der Waals surface area contributed by atoms with Gasteiger partial charge in [-0.15, -0.1) is 0 Å². The summed E-state index contributed by atoms with van der Waals surface area (Å²) in [6.45, 7) is 1.56. The average molecular weight is 196 g/mol. The minimum absolute atomic E-state index is 0.000417. The monoisotopic (exact) mass is 196 g/mol. The molecule has 4 heteroatoms. The number of aldehydes is 1. The van der Waals surface area contributed by atoms with E-state index in [1.54, 1.807) is 0 Å². The second kappa shape index (κ2) is 3.53. The van der Waals surface area contributed by atoms with Gasteiger partial charge >= 0.3 is 5.97 Å². The average Bonchev–Trinajstić information content (AvgIpc) is 2.72. The summed E-state index contributed by atoms with van der Waals surface area (Å²) in [5.41, 5.74) is 1.54. The summed E-state index contributed by atoms with van der Waals surface area (Å²) in [4.78, 5) is 21.4. The molecule has 0 aromatic carbocycles. The predicted molar refractivity (Wildman–Crippen MR) is 47.6 cm³/mol. The van der Waals surface area contributed by atoms with E-state index in [2.05, 4.69) is 0 Å². The molecule has 0 N–H and O–H groups in total. The summed E-state index contributed by atoms with van der Waals surface area (Å²) in [6, 6.07) is 0. The van der Waals surface area contributed by atoms with Gasteiger partial charge in [-0.05, 0) is 12.8 Å². The predicted octanol–water partition coefficient (Wildman–Crippen LogP) is 0.606. The molecule has 2 rings (SSSR count). The van der Waals surface area contributed by atoms with Crippen molar-refractivity contribution in [3.05, 3.63) is 11.1 Å². The standard InChI is InChI=1S/C10H12O4/c1-6(12)13-5-8-7(4-11)9-2-3-10(8)14-9/h4,9-10H,2-3,5H2,1H3/t9-,10+/m0/s1. The van der Waals surface area contributed by atoms with Crippen LogP contribution in [0.3, 0.4) is 0 Å². The molecule has 0 aliphatic carbocycles. The molecule has 2 atom stereocenters. The van der Waals surface area contributed by atoms with Crippen molar-refractivity contribution in [1.29, 1.82) is 0 Å². The first-order chi connectivity index (χ1) is 6.72. The third kappa shape index (κ3) is 1.46. The Kier molecular flexibility index (Phi) is 2.37. The number of rotatable bonds is 3. The first kappa shape index (κ1) is 9.40. The van der Waals surface area contributed by atoms with Crippen LogP contribution < -0.4 is 0 Å². The molecular formula is C10H12O4. The number of carbonyl (C=O) groups excluding carboxylic acids is 2. The van der Waals surface area contributed by atoms with Crippen LogP contribution in [0.1, 0.15) is 19.8 Å². The molecule has 2 bridgehead atoms. The molecule has 14 heavy (non-hydrogen) atoms. The topological polar surface area (TPSA) is 52.6 Å². The third-order valence-electron chi connectivity index (χ3n) is 2.68. The second-order valence-corrected chi connectivity index (χ2v) is 3.57. The highest BCUT2D eigenvalue weighted by molar-refractivity contribution is 5.78. The van der Waals surface area contributed by atoms with Crippen molar-refractivity contribution in [3.8, 4) is 0 Å². The van der Waals surface area contributed by atoms with Crippen molar-refractivity contribution in [3.63, 3.8) is 0 Å². The van der Waals surface area contributed by atoms with Crippen molar-refractivity contribution in [2.45, 2.75) is 32.0 Å². The molecule has 0 aromatic heterocycles. The Bertz CT molecular complexity index is 305. The summed E-state index contributed by atoms with van der Waals surface area (Å²) >= 11 is 0. The Morgan fingerprint density at radius 1 is 1.57 bits per heavy atom. The normalized spacial score (nSPS) is 29.5. The summed E-state index contributed by atoms with van der Waals surface area (Å²) in [5.74, 6) is -0.328. The van der Waals surface area contributed by atoms with Gasteiger partial charge in [-0.2, -0.15) is 0 Å². The summed E-state index contributed by atoms with van der Waals surface area (Å²) < 4.78 is 10.4. The van der Waals surface area contributed by atoms with Crippen LogP contribution in [0.4, 0.5) is 0 Å². The maximum absolute atomic E-state index is 10.8. The lowest BCUT2D eigenvalue weighted by molar-refractivity contribution is -0.140. The zero-order valence-corrected chi connectivity index (χ0v) is 7.99. The van der Waals surface area contributed by atoms with Crippen molar-refractivity contribution < 1.29 is 19.1 Å². The van der Waals surface area contributed by atoms with Crippen LogP contribution in [-0.4, -0.2) is 31.1 Å². The molecule has 2 aliphatic rings. The third-order valence-corrected chi connectivity index (χ3v) is 2.68. The fourth-order valence-electron chi connectivity index (χ4n) is 2.02. The minimum atomic E-state index is -0.328. The van der Waals surface area contributed by atoms with Gasteiger partial charge in [0.05, 0.1) is 12.2 Å². The Balaban J connectivity index is 2.11. The lowest BCUT2D eigenvalue weighted by Crippen LogP contribution is -2.16. The molecule has 76 valence electrons. The van der Waals surface area contributed by atoms with Gasteiger partial charge in [0.2, 0.25) is 0 Å². The number of fused-ring (bicyclic) bond motifs is 2. The van der Waals surface area contributed by atoms with Gasteiger partial charge < -0.3 is 9.47 Å². The van der Waals surface area contributed by atoms with Gasteiger partial charge in [0, 0.05) is 18.1 Å². The fraction of sp³-hybridized carbons (Fsp3) is 0.600. The number of ether oxygens (including phenoxy) is 2.